The zero-order chi connectivity index (χ0) is 12.5. The van der Waals surface area contributed by atoms with E-state index in [0.29, 0.717) is 6.04 Å². The maximum Gasteiger partial charge on any atom is 0.120 e. The van der Waals surface area contributed by atoms with Gasteiger partial charge in [0.15, 0.2) is 0 Å². The van der Waals surface area contributed by atoms with Crippen molar-refractivity contribution in [3.05, 3.63) is 30.0 Å². The van der Waals surface area contributed by atoms with Crippen LogP contribution >= 0.6 is 0 Å². The van der Waals surface area contributed by atoms with E-state index < -0.39 is 0 Å². The molecule has 1 unspecified atom stereocenters. The Hall–Kier alpha value is -1.52. The van der Waals surface area contributed by atoms with E-state index in [0.717, 1.165) is 30.9 Å². The molecule has 0 aliphatic carbocycles. The highest BCUT2D eigenvalue weighted by atomic mass is 16.5. The number of hydrogen-bond acceptors (Lipinski definition) is 3. The van der Waals surface area contributed by atoms with Gasteiger partial charge in [0, 0.05) is 48.8 Å². The molecule has 2 heterocycles. The molecule has 0 amide bonds. The molecule has 4 heteroatoms. The molecule has 0 spiro atoms. The Balaban J connectivity index is 1.97. The quantitative estimate of drug-likeness (QED) is 0.847. The Morgan fingerprint density at radius 1 is 1.39 bits per heavy atom. The summed E-state index contributed by atoms with van der Waals surface area (Å²) < 4.78 is 5.25. The number of ether oxygens (including phenoxy) is 1. The molecule has 2 N–H and O–H groups in total. The lowest BCUT2D eigenvalue weighted by Gasteiger charge is -2.30. The zero-order valence-corrected chi connectivity index (χ0v) is 10.9. The maximum absolute atomic E-state index is 5.25. The molecule has 4 nitrogen and oxygen atoms in total. The Bertz CT molecular complexity index is 549. The first kappa shape index (κ1) is 11.6. The van der Waals surface area contributed by atoms with Crippen LogP contribution in [0.4, 0.5) is 0 Å². The summed E-state index contributed by atoms with van der Waals surface area (Å²) in [6.45, 7) is 3.22. The number of nitrogens with zero attached hydrogens (tertiary/aromatic N) is 1. The van der Waals surface area contributed by atoms with Crippen LogP contribution in [-0.2, 0) is 0 Å². The Morgan fingerprint density at radius 3 is 3.06 bits per heavy atom. The number of aromatic nitrogens is 1. The number of likely N-dealkylation sites (N-methyl/N-ethyl adjacent to an activating group) is 1. The van der Waals surface area contributed by atoms with Crippen LogP contribution < -0.4 is 10.1 Å². The summed E-state index contributed by atoms with van der Waals surface area (Å²) in [4.78, 5) is 5.70. The number of hydrogen-bond donors (Lipinski definition) is 2. The van der Waals surface area contributed by atoms with Gasteiger partial charge >= 0.3 is 0 Å². The first-order valence-corrected chi connectivity index (χ1v) is 6.35. The number of rotatable bonds is 2. The molecule has 0 saturated carbocycles. The molecule has 2 aromatic rings. The molecule has 96 valence electrons. The van der Waals surface area contributed by atoms with Crippen molar-refractivity contribution in [3.8, 4) is 5.75 Å². The predicted molar refractivity (Wildman–Crippen MR) is 73.1 cm³/mol. The zero-order valence-electron chi connectivity index (χ0n) is 10.9. The molecule has 1 aromatic carbocycles. The van der Waals surface area contributed by atoms with Crippen LogP contribution in [0.25, 0.3) is 10.9 Å². The average Bonchev–Trinajstić information content (AvgIpc) is 2.81. The lowest BCUT2D eigenvalue weighted by atomic mass is 10.0. The first-order valence-electron chi connectivity index (χ1n) is 6.35. The number of methoxy groups -OCH3 is 1. The Labute approximate surface area is 107 Å². The number of fused-ring (bicyclic) bond motifs is 1. The molecule has 1 fully saturated rings. The summed E-state index contributed by atoms with van der Waals surface area (Å²) in [6.07, 6.45) is 2.11. The van der Waals surface area contributed by atoms with Gasteiger partial charge < -0.3 is 19.9 Å². The lowest BCUT2D eigenvalue weighted by Crippen LogP contribution is -2.43. The van der Waals surface area contributed by atoms with Crippen LogP contribution in [0, 0.1) is 0 Å². The van der Waals surface area contributed by atoms with Crippen molar-refractivity contribution >= 4 is 10.9 Å². The lowest BCUT2D eigenvalue weighted by molar-refractivity contribution is 0.241. The third kappa shape index (κ3) is 1.98. The number of benzene rings is 1. The SMILES string of the molecule is COc1ccc2c(C3CN(C)CCN3)c[nH]c2c1. The second kappa shape index (κ2) is 4.63. The number of aromatic amines is 1. The number of nitrogens with one attached hydrogen (secondary N) is 2. The fourth-order valence-electron chi connectivity index (χ4n) is 2.65. The third-order valence-corrected chi connectivity index (χ3v) is 3.67. The summed E-state index contributed by atoms with van der Waals surface area (Å²) >= 11 is 0. The van der Waals surface area contributed by atoms with E-state index in [4.69, 9.17) is 4.74 Å². The van der Waals surface area contributed by atoms with Gasteiger partial charge in [0.1, 0.15) is 5.75 Å². The smallest absolute Gasteiger partial charge is 0.120 e. The second-order valence-corrected chi connectivity index (χ2v) is 4.92. The Kier molecular flexibility index (Phi) is 2.97. The van der Waals surface area contributed by atoms with E-state index in [-0.39, 0.29) is 0 Å². The van der Waals surface area contributed by atoms with Gasteiger partial charge in [0.05, 0.1) is 7.11 Å². The molecule has 1 aliphatic rings. The van der Waals surface area contributed by atoms with E-state index >= 15 is 0 Å². The van der Waals surface area contributed by atoms with E-state index in [2.05, 4.69) is 34.5 Å². The topological polar surface area (TPSA) is 40.3 Å². The fraction of sp³-hybridized carbons (Fsp3) is 0.429. The molecule has 0 bridgehead atoms. The molecule has 1 aliphatic heterocycles. The van der Waals surface area contributed by atoms with Gasteiger partial charge in [-0.05, 0) is 24.7 Å². The summed E-state index contributed by atoms with van der Waals surface area (Å²) in [6, 6.07) is 6.61. The molecule has 0 radical (unpaired) electrons. The van der Waals surface area contributed by atoms with Crippen molar-refractivity contribution < 1.29 is 4.74 Å². The summed E-state index contributed by atoms with van der Waals surface area (Å²) in [5.41, 5.74) is 2.48. The summed E-state index contributed by atoms with van der Waals surface area (Å²) in [7, 11) is 3.87. The first-order chi connectivity index (χ1) is 8.78. The van der Waals surface area contributed by atoms with E-state index in [1.807, 2.05) is 12.1 Å². The van der Waals surface area contributed by atoms with Gasteiger partial charge in [0.25, 0.3) is 0 Å². The summed E-state index contributed by atoms with van der Waals surface area (Å²) in [5.74, 6) is 0.893. The van der Waals surface area contributed by atoms with Crippen molar-refractivity contribution in [2.75, 3.05) is 33.8 Å². The largest absolute Gasteiger partial charge is 0.497 e. The predicted octanol–water partition coefficient (Wildman–Crippen LogP) is 1.75. The molecule has 1 atom stereocenters. The second-order valence-electron chi connectivity index (χ2n) is 4.92. The van der Waals surface area contributed by atoms with Gasteiger partial charge in [0.2, 0.25) is 0 Å². The van der Waals surface area contributed by atoms with E-state index in [9.17, 15) is 0 Å². The molecular weight excluding hydrogens is 226 g/mol. The average molecular weight is 245 g/mol. The van der Waals surface area contributed by atoms with Crippen LogP contribution in [0.5, 0.6) is 5.75 Å². The monoisotopic (exact) mass is 245 g/mol. The number of piperazine rings is 1. The highest BCUT2D eigenvalue weighted by Gasteiger charge is 2.20. The van der Waals surface area contributed by atoms with Crippen LogP contribution in [0.15, 0.2) is 24.4 Å². The van der Waals surface area contributed by atoms with Gasteiger partial charge in [-0.15, -0.1) is 0 Å². The third-order valence-electron chi connectivity index (χ3n) is 3.67. The van der Waals surface area contributed by atoms with Crippen LogP contribution in [0.3, 0.4) is 0 Å². The van der Waals surface area contributed by atoms with Crippen LogP contribution in [0.1, 0.15) is 11.6 Å². The minimum Gasteiger partial charge on any atom is -0.497 e. The van der Waals surface area contributed by atoms with Crippen LogP contribution in [-0.4, -0.2) is 43.7 Å². The molecular formula is C14H19N3O. The highest BCUT2D eigenvalue weighted by molar-refractivity contribution is 5.85. The molecule has 18 heavy (non-hydrogen) atoms. The van der Waals surface area contributed by atoms with Crippen LogP contribution in [0.2, 0.25) is 0 Å². The van der Waals surface area contributed by atoms with Gasteiger partial charge in [-0.25, -0.2) is 0 Å². The maximum atomic E-state index is 5.25. The van der Waals surface area contributed by atoms with Crippen molar-refractivity contribution in [1.29, 1.82) is 0 Å². The van der Waals surface area contributed by atoms with Gasteiger partial charge in [-0.3, -0.25) is 0 Å². The molecule has 1 saturated heterocycles. The van der Waals surface area contributed by atoms with Crippen molar-refractivity contribution in [3.63, 3.8) is 0 Å². The van der Waals surface area contributed by atoms with Crippen molar-refractivity contribution in [2.45, 2.75) is 6.04 Å². The molecule has 1 aromatic heterocycles. The van der Waals surface area contributed by atoms with Crippen molar-refractivity contribution in [2.24, 2.45) is 0 Å². The standard InChI is InChI=1S/C14H19N3O/c1-17-6-5-15-14(9-17)12-8-16-13-7-10(18-2)3-4-11(12)13/h3-4,7-8,14-16H,5-6,9H2,1-2H3. The van der Waals surface area contributed by atoms with Gasteiger partial charge in [-0.1, -0.05) is 0 Å². The van der Waals surface area contributed by atoms with E-state index in [1.165, 1.54) is 10.9 Å². The minimum atomic E-state index is 0.408. The Morgan fingerprint density at radius 2 is 2.28 bits per heavy atom. The summed E-state index contributed by atoms with van der Waals surface area (Å²) in [5, 5.41) is 4.86. The minimum absolute atomic E-state index is 0.408. The van der Waals surface area contributed by atoms with Crippen molar-refractivity contribution in [1.82, 2.24) is 15.2 Å². The molecule has 3 rings (SSSR count). The fourth-order valence-corrected chi connectivity index (χ4v) is 2.65. The highest BCUT2D eigenvalue weighted by Crippen LogP contribution is 2.28. The number of H-pyrrole nitrogens is 1. The van der Waals surface area contributed by atoms with Gasteiger partial charge in [-0.2, -0.15) is 0 Å². The normalized spacial score (nSPS) is 21.3. The van der Waals surface area contributed by atoms with E-state index in [1.54, 1.807) is 7.11 Å².